The van der Waals surface area contributed by atoms with Crippen LogP contribution in [0.5, 0.6) is 0 Å². The number of hydrogen-bond donors (Lipinski definition) is 0. The molecule has 0 radical (unpaired) electrons. The van der Waals surface area contributed by atoms with E-state index >= 15 is 0 Å². The molecule has 2 heterocycles. The van der Waals surface area contributed by atoms with Gasteiger partial charge < -0.3 is 4.90 Å². The smallest absolute Gasteiger partial charge is 0.316 e. The Hall–Kier alpha value is -2.66. The van der Waals surface area contributed by atoms with E-state index in [1.165, 1.54) is 18.0 Å². The molecule has 0 aromatic heterocycles. The summed E-state index contributed by atoms with van der Waals surface area (Å²) in [6.45, 7) is 1.02. The molecule has 11 heteroatoms. The average Bonchev–Trinajstić information content (AvgIpc) is 2.75. The van der Waals surface area contributed by atoms with Gasteiger partial charge in [0.25, 0.3) is 11.6 Å². The van der Waals surface area contributed by atoms with Crippen molar-refractivity contribution in [2.75, 3.05) is 20.1 Å². The van der Waals surface area contributed by atoms with Crippen LogP contribution in [0.4, 0.5) is 23.2 Å². The summed E-state index contributed by atoms with van der Waals surface area (Å²) >= 11 is 0.998. The lowest BCUT2D eigenvalue weighted by Gasteiger charge is -2.43. The van der Waals surface area contributed by atoms with Crippen LogP contribution in [0.1, 0.15) is 40.2 Å². The molecular weight excluding hydrogens is 450 g/mol. The number of carbonyl (C=O) groups is 1. The first-order valence-electron chi connectivity index (χ1n) is 9.90. The number of rotatable bonds is 3. The van der Waals surface area contributed by atoms with Crippen LogP contribution in [0.15, 0.2) is 41.3 Å². The maximum atomic E-state index is 14.1. The molecule has 2 aliphatic rings. The normalized spacial score (nSPS) is 20.3. The van der Waals surface area contributed by atoms with Crippen molar-refractivity contribution in [3.8, 4) is 0 Å². The Bertz CT molecular complexity index is 1070. The van der Waals surface area contributed by atoms with Gasteiger partial charge in [0.1, 0.15) is 16.2 Å². The number of hydrogen-bond acceptors (Lipinski definition) is 5. The van der Waals surface area contributed by atoms with Crippen LogP contribution in [0.25, 0.3) is 0 Å². The van der Waals surface area contributed by atoms with Crippen LogP contribution in [0.2, 0.25) is 0 Å². The second-order valence-corrected chi connectivity index (χ2v) is 8.88. The second kappa shape index (κ2) is 8.36. The van der Waals surface area contributed by atoms with Gasteiger partial charge in [0.05, 0.1) is 16.1 Å². The van der Waals surface area contributed by atoms with Gasteiger partial charge in [0, 0.05) is 26.2 Å². The zero-order valence-electron chi connectivity index (χ0n) is 16.9. The summed E-state index contributed by atoms with van der Waals surface area (Å²) in [6, 6.07) is 7.72. The van der Waals surface area contributed by atoms with Crippen molar-refractivity contribution in [1.29, 1.82) is 0 Å². The van der Waals surface area contributed by atoms with E-state index in [1.54, 1.807) is 18.2 Å². The highest BCUT2D eigenvalue weighted by molar-refractivity contribution is 8.00. The van der Waals surface area contributed by atoms with Crippen molar-refractivity contribution >= 4 is 23.4 Å². The van der Waals surface area contributed by atoms with E-state index in [1.807, 2.05) is 4.90 Å². The Kier molecular flexibility index (Phi) is 5.89. The fourth-order valence-electron chi connectivity index (χ4n) is 4.23. The van der Waals surface area contributed by atoms with E-state index < -0.39 is 33.8 Å². The van der Waals surface area contributed by atoms with Crippen LogP contribution >= 0.6 is 11.8 Å². The maximum absolute atomic E-state index is 14.1. The van der Waals surface area contributed by atoms with Gasteiger partial charge in [0.2, 0.25) is 0 Å². The third-order valence-corrected chi connectivity index (χ3v) is 7.38. The number of nitrogens with zero attached hydrogens (tertiary/aromatic N) is 3. The summed E-state index contributed by atoms with van der Waals surface area (Å²) in [5.74, 6) is -0.956. The molecule has 1 amide bonds. The van der Waals surface area contributed by atoms with Gasteiger partial charge in [-0.3, -0.25) is 19.8 Å². The monoisotopic (exact) mass is 469 g/mol. The number of nitro groups is 1. The largest absolute Gasteiger partial charge is 0.416 e. The molecule has 32 heavy (non-hydrogen) atoms. The first kappa shape index (κ1) is 22.5. The minimum atomic E-state index is -4.81. The molecule has 2 aliphatic heterocycles. The van der Waals surface area contributed by atoms with Gasteiger partial charge in [0.15, 0.2) is 0 Å². The molecular formula is C21H19F4N3O3S. The van der Waals surface area contributed by atoms with Gasteiger partial charge in [-0.15, -0.1) is 0 Å². The number of thioether (sulfide) groups is 1. The first-order valence-corrected chi connectivity index (χ1v) is 10.8. The van der Waals surface area contributed by atoms with E-state index in [2.05, 4.69) is 0 Å². The second-order valence-electron chi connectivity index (χ2n) is 7.82. The molecule has 1 saturated heterocycles. The van der Waals surface area contributed by atoms with Crippen molar-refractivity contribution in [2.45, 2.75) is 35.3 Å². The summed E-state index contributed by atoms with van der Waals surface area (Å²) in [6.07, 6.45) is -3.56. The Morgan fingerprint density at radius 3 is 2.41 bits per heavy atom. The molecule has 4 rings (SSSR count). The molecule has 170 valence electrons. The highest BCUT2D eigenvalue weighted by Crippen LogP contribution is 2.46. The van der Waals surface area contributed by atoms with Crippen molar-refractivity contribution in [3.05, 3.63) is 69.0 Å². The molecule has 2 aromatic carbocycles. The quantitative estimate of drug-likeness (QED) is 0.356. The van der Waals surface area contributed by atoms with Crippen LogP contribution in [-0.4, -0.2) is 46.3 Å². The fraction of sp³-hybridized carbons (Fsp3) is 0.381. The van der Waals surface area contributed by atoms with Crippen LogP contribution in [-0.2, 0) is 6.18 Å². The average molecular weight is 469 g/mol. The van der Waals surface area contributed by atoms with Crippen LogP contribution in [0.3, 0.4) is 0 Å². The molecule has 0 bridgehead atoms. The van der Waals surface area contributed by atoms with E-state index in [0.717, 1.165) is 11.8 Å². The number of fused-ring (bicyclic) bond motifs is 1. The van der Waals surface area contributed by atoms with Gasteiger partial charge >= 0.3 is 6.18 Å². The lowest BCUT2D eigenvalue weighted by molar-refractivity contribution is -0.388. The number of carbonyl (C=O) groups excluding carboxylic acids is 1. The summed E-state index contributed by atoms with van der Waals surface area (Å²) in [5, 5.41) is 11.5. The van der Waals surface area contributed by atoms with Crippen LogP contribution < -0.4 is 0 Å². The minimum Gasteiger partial charge on any atom is -0.316 e. The Labute approximate surface area is 185 Å². The molecule has 0 N–H and O–H groups in total. The third-order valence-electron chi connectivity index (χ3n) is 5.89. The van der Waals surface area contributed by atoms with Gasteiger partial charge in [-0.25, -0.2) is 4.39 Å². The van der Waals surface area contributed by atoms with Gasteiger partial charge in [-0.2, -0.15) is 13.2 Å². The lowest BCUT2D eigenvalue weighted by Crippen LogP contribution is -2.51. The fourth-order valence-corrected chi connectivity index (χ4v) is 5.58. The van der Waals surface area contributed by atoms with Crippen molar-refractivity contribution in [2.24, 2.45) is 0 Å². The molecule has 1 atom stereocenters. The minimum absolute atomic E-state index is 0.0121. The zero-order chi connectivity index (χ0) is 23.2. The number of nitro benzene ring substituents is 1. The Morgan fingerprint density at radius 2 is 1.81 bits per heavy atom. The number of halogens is 4. The first-order chi connectivity index (χ1) is 15.1. The number of likely N-dealkylation sites (tertiary alicyclic amines) is 1. The highest BCUT2D eigenvalue weighted by atomic mass is 32.2. The third kappa shape index (κ3) is 4.06. The molecule has 2 aromatic rings. The molecule has 1 fully saturated rings. The van der Waals surface area contributed by atoms with Gasteiger partial charge in [-0.1, -0.05) is 30.0 Å². The van der Waals surface area contributed by atoms with Crippen molar-refractivity contribution in [1.82, 2.24) is 9.80 Å². The summed E-state index contributed by atoms with van der Waals surface area (Å²) in [4.78, 5) is 26.7. The molecule has 1 unspecified atom stereocenters. The van der Waals surface area contributed by atoms with E-state index in [-0.39, 0.29) is 22.2 Å². The predicted molar refractivity (Wildman–Crippen MR) is 110 cm³/mol. The summed E-state index contributed by atoms with van der Waals surface area (Å²) in [5.41, 5.74) is -2.25. The maximum Gasteiger partial charge on any atom is 0.416 e. The van der Waals surface area contributed by atoms with Crippen molar-refractivity contribution in [3.63, 3.8) is 0 Å². The van der Waals surface area contributed by atoms with E-state index in [0.29, 0.717) is 43.6 Å². The Balaban J connectivity index is 1.60. The summed E-state index contributed by atoms with van der Waals surface area (Å²) < 4.78 is 53.8. The predicted octanol–water partition coefficient (Wildman–Crippen LogP) is 5.09. The van der Waals surface area contributed by atoms with E-state index in [4.69, 9.17) is 0 Å². The molecule has 0 aliphatic carbocycles. The number of piperidine rings is 1. The van der Waals surface area contributed by atoms with E-state index in [9.17, 15) is 32.5 Å². The molecule has 0 saturated carbocycles. The standard InChI is InChI=1S/C21H19F4N3O3S/c1-26-19(29)15-10-13(21(23,24)25)11-17(28(30)31)18(15)32-20(26)27-8-6-12(7-9-27)14-4-2-3-5-16(14)22/h2-5,10-12,20H,6-9H2,1H3. The zero-order valence-corrected chi connectivity index (χ0v) is 17.8. The lowest BCUT2D eigenvalue weighted by atomic mass is 9.89. The molecule has 0 spiro atoms. The van der Waals surface area contributed by atoms with Crippen molar-refractivity contribution < 1.29 is 27.3 Å². The topological polar surface area (TPSA) is 66.7 Å². The highest BCUT2D eigenvalue weighted by Gasteiger charge is 2.42. The summed E-state index contributed by atoms with van der Waals surface area (Å²) in [7, 11) is 1.47. The SMILES string of the molecule is CN1C(=O)c2cc(C(F)(F)F)cc([N+](=O)[O-])c2SC1N1CCC(c2ccccc2F)CC1. The van der Waals surface area contributed by atoms with Gasteiger partial charge in [-0.05, 0) is 36.5 Å². The number of amides is 1. The Morgan fingerprint density at radius 1 is 1.16 bits per heavy atom. The van der Waals surface area contributed by atoms with Crippen LogP contribution in [0, 0.1) is 15.9 Å². The number of benzene rings is 2. The molecule has 6 nitrogen and oxygen atoms in total. The number of alkyl halides is 3.